The Hall–Kier alpha value is -1.77. The van der Waals surface area contributed by atoms with Gasteiger partial charge in [-0.1, -0.05) is 50.5 Å². The normalized spacial score (nSPS) is 11.5. The van der Waals surface area contributed by atoms with Crippen LogP contribution in [0.3, 0.4) is 0 Å². The fourth-order valence-electron chi connectivity index (χ4n) is 2.31. The maximum atomic E-state index is 10.4. The molecule has 0 aliphatic heterocycles. The molecule has 0 amide bonds. The third kappa shape index (κ3) is 7.87. The highest BCUT2D eigenvalue weighted by Gasteiger charge is 2.01. The molecule has 0 radical (unpaired) electrons. The van der Waals surface area contributed by atoms with E-state index in [2.05, 4.69) is 32.1 Å². The number of carbonyl (C=O) groups is 1. The second kappa shape index (κ2) is 10.9. The molecule has 0 aliphatic rings. The zero-order valence-electron chi connectivity index (χ0n) is 13.8. The van der Waals surface area contributed by atoms with E-state index in [1.807, 2.05) is 12.1 Å². The van der Waals surface area contributed by atoms with Gasteiger partial charge in [-0.2, -0.15) is 0 Å². The summed E-state index contributed by atoms with van der Waals surface area (Å²) >= 11 is 0. The van der Waals surface area contributed by atoms with Crippen molar-refractivity contribution in [1.29, 1.82) is 0 Å². The van der Waals surface area contributed by atoms with Crippen LogP contribution in [0, 0.1) is 0 Å². The Morgan fingerprint density at radius 1 is 1.14 bits per heavy atom. The average Bonchev–Trinajstić information content (AvgIpc) is 2.51. The number of carboxylic acids is 1. The van der Waals surface area contributed by atoms with Crippen LogP contribution in [0.15, 0.2) is 35.9 Å². The number of carboxylic acid groups (broad SMARTS) is 1. The van der Waals surface area contributed by atoms with Gasteiger partial charge in [-0.05, 0) is 43.4 Å². The lowest BCUT2D eigenvalue weighted by Gasteiger charge is -2.09. The minimum Gasteiger partial charge on any atom is -0.494 e. The SMILES string of the molecule is CCCC=C(CCC)Cc1ccc(OCCCC(=O)O)cc1. The number of aliphatic carboxylic acids is 1. The average molecular weight is 304 g/mol. The van der Waals surface area contributed by atoms with E-state index < -0.39 is 5.97 Å². The van der Waals surface area contributed by atoms with Gasteiger partial charge in [0.25, 0.3) is 0 Å². The predicted octanol–water partition coefficient (Wildman–Crippen LogP) is 5.00. The number of allylic oxidation sites excluding steroid dienone is 2. The molecule has 1 aromatic carbocycles. The molecule has 0 aromatic heterocycles. The molecular weight excluding hydrogens is 276 g/mol. The van der Waals surface area contributed by atoms with Crippen molar-refractivity contribution in [3.8, 4) is 5.75 Å². The van der Waals surface area contributed by atoms with Crippen LogP contribution in [0.5, 0.6) is 5.75 Å². The number of ether oxygens (including phenoxy) is 1. The molecule has 3 nitrogen and oxygen atoms in total. The highest BCUT2D eigenvalue weighted by Crippen LogP contribution is 2.18. The Bertz CT molecular complexity index is 460. The molecule has 0 saturated heterocycles. The van der Waals surface area contributed by atoms with E-state index in [-0.39, 0.29) is 6.42 Å². The second-order valence-corrected chi connectivity index (χ2v) is 5.57. The highest BCUT2D eigenvalue weighted by molar-refractivity contribution is 5.66. The Morgan fingerprint density at radius 3 is 2.45 bits per heavy atom. The molecular formula is C19H28O3. The Balaban J connectivity index is 2.47. The summed E-state index contributed by atoms with van der Waals surface area (Å²) < 4.78 is 5.55. The van der Waals surface area contributed by atoms with Crippen LogP contribution in [0.25, 0.3) is 0 Å². The number of benzene rings is 1. The topological polar surface area (TPSA) is 46.5 Å². The number of rotatable bonds is 11. The molecule has 1 N–H and O–H groups in total. The fraction of sp³-hybridized carbons (Fsp3) is 0.526. The summed E-state index contributed by atoms with van der Waals surface area (Å²) in [6, 6.07) is 8.14. The van der Waals surface area contributed by atoms with Gasteiger partial charge in [0.2, 0.25) is 0 Å². The van der Waals surface area contributed by atoms with Crippen molar-refractivity contribution in [3.05, 3.63) is 41.5 Å². The van der Waals surface area contributed by atoms with Gasteiger partial charge in [0, 0.05) is 6.42 Å². The third-order valence-corrected chi connectivity index (χ3v) is 3.45. The van der Waals surface area contributed by atoms with E-state index >= 15 is 0 Å². The first-order valence-electron chi connectivity index (χ1n) is 8.27. The molecule has 0 fully saturated rings. The first-order chi connectivity index (χ1) is 10.7. The van der Waals surface area contributed by atoms with E-state index in [9.17, 15) is 4.79 Å². The van der Waals surface area contributed by atoms with E-state index in [4.69, 9.17) is 9.84 Å². The minimum absolute atomic E-state index is 0.153. The highest BCUT2D eigenvalue weighted by atomic mass is 16.5. The summed E-state index contributed by atoms with van der Waals surface area (Å²) in [5.41, 5.74) is 2.81. The van der Waals surface area contributed by atoms with Crippen LogP contribution >= 0.6 is 0 Å². The van der Waals surface area contributed by atoms with Gasteiger partial charge in [-0.25, -0.2) is 0 Å². The van der Waals surface area contributed by atoms with E-state index in [1.165, 1.54) is 24.0 Å². The third-order valence-electron chi connectivity index (χ3n) is 3.45. The molecule has 0 aliphatic carbocycles. The van der Waals surface area contributed by atoms with Crippen molar-refractivity contribution in [3.63, 3.8) is 0 Å². The molecule has 0 bridgehead atoms. The van der Waals surface area contributed by atoms with E-state index in [0.29, 0.717) is 13.0 Å². The monoisotopic (exact) mass is 304 g/mol. The standard InChI is InChI=1S/C19H28O3/c1-3-5-8-16(7-4-2)15-17-10-12-18(13-11-17)22-14-6-9-19(20)21/h8,10-13H,3-7,9,14-15H2,1-2H3,(H,20,21). The molecule has 0 spiro atoms. The van der Waals surface area contributed by atoms with Gasteiger partial charge in [0.05, 0.1) is 6.61 Å². The maximum absolute atomic E-state index is 10.4. The molecule has 0 heterocycles. The van der Waals surface area contributed by atoms with Crippen LogP contribution in [-0.2, 0) is 11.2 Å². The molecule has 0 unspecified atom stereocenters. The molecule has 0 atom stereocenters. The van der Waals surface area contributed by atoms with E-state index in [1.54, 1.807) is 0 Å². The van der Waals surface area contributed by atoms with Crippen molar-refractivity contribution in [2.75, 3.05) is 6.61 Å². The molecule has 3 heteroatoms. The number of hydrogen-bond acceptors (Lipinski definition) is 2. The number of hydrogen-bond donors (Lipinski definition) is 1. The molecule has 1 rings (SSSR count). The summed E-state index contributed by atoms with van der Waals surface area (Å²) in [5.74, 6) is 0.0324. The Kier molecular flexibility index (Phi) is 9.04. The second-order valence-electron chi connectivity index (χ2n) is 5.57. The Labute approximate surface area is 134 Å². The quantitative estimate of drug-likeness (QED) is 0.462. The summed E-state index contributed by atoms with van der Waals surface area (Å²) in [6.45, 7) is 4.87. The smallest absolute Gasteiger partial charge is 0.303 e. The maximum Gasteiger partial charge on any atom is 0.303 e. The summed E-state index contributed by atoms with van der Waals surface area (Å²) in [4.78, 5) is 10.4. The first kappa shape index (κ1) is 18.3. The van der Waals surface area contributed by atoms with Crippen molar-refractivity contribution < 1.29 is 14.6 Å². The summed E-state index contributed by atoms with van der Waals surface area (Å²) in [6.07, 6.45) is 8.76. The molecule has 22 heavy (non-hydrogen) atoms. The van der Waals surface area contributed by atoms with Crippen molar-refractivity contribution >= 4 is 5.97 Å². The van der Waals surface area contributed by atoms with Crippen molar-refractivity contribution in [1.82, 2.24) is 0 Å². The van der Waals surface area contributed by atoms with Crippen LogP contribution in [0.2, 0.25) is 0 Å². The van der Waals surface area contributed by atoms with Gasteiger partial charge >= 0.3 is 5.97 Å². The zero-order chi connectivity index (χ0) is 16.2. The largest absolute Gasteiger partial charge is 0.494 e. The predicted molar refractivity (Wildman–Crippen MR) is 90.4 cm³/mol. The lowest BCUT2D eigenvalue weighted by molar-refractivity contribution is -0.137. The summed E-state index contributed by atoms with van der Waals surface area (Å²) in [7, 11) is 0. The molecule has 122 valence electrons. The van der Waals surface area contributed by atoms with Crippen LogP contribution in [-0.4, -0.2) is 17.7 Å². The van der Waals surface area contributed by atoms with Crippen molar-refractivity contribution in [2.45, 2.75) is 58.8 Å². The Morgan fingerprint density at radius 2 is 1.86 bits per heavy atom. The lowest BCUT2D eigenvalue weighted by Crippen LogP contribution is -2.02. The van der Waals surface area contributed by atoms with Gasteiger partial charge in [0.1, 0.15) is 5.75 Å². The van der Waals surface area contributed by atoms with Gasteiger partial charge in [-0.3, -0.25) is 4.79 Å². The van der Waals surface area contributed by atoms with Crippen LogP contribution in [0.1, 0.15) is 57.9 Å². The van der Waals surface area contributed by atoms with Crippen LogP contribution in [0.4, 0.5) is 0 Å². The minimum atomic E-state index is -0.777. The molecule has 1 aromatic rings. The van der Waals surface area contributed by atoms with Gasteiger partial charge < -0.3 is 9.84 Å². The summed E-state index contributed by atoms with van der Waals surface area (Å²) in [5, 5.41) is 8.58. The van der Waals surface area contributed by atoms with Gasteiger partial charge in [0.15, 0.2) is 0 Å². The first-order valence-corrected chi connectivity index (χ1v) is 8.27. The van der Waals surface area contributed by atoms with Crippen molar-refractivity contribution in [2.24, 2.45) is 0 Å². The van der Waals surface area contributed by atoms with Crippen LogP contribution < -0.4 is 4.74 Å². The zero-order valence-corrected chi connectivity index (χ0v) is 13.8. The fourth-order valence-corrected chi connectivity index (χ4v) is 2.31. The number of unbranched alkanes of at least 4 members (excludes halogenated alkanes) is 1. The lowest BCUT2D eigenvalue weighted by atomic mass is 10.00. The molecule has 0 saturated carbocycles. The van der Waals surface area contributed by atoms with E-state index in [0.717, 1.165) is 25.0 Å². The van der Waals surface area contributed by atoms with Gasteiger partial charge in [-0.15, -0.1) is 0 Å².